The molecule has 2 heteroatoms. The van der Waals surface area contributed by atoms with Crippen LogP contribution in [0.15, 0.2) is 0 Å². The molecule has 0 spiro atoms. The van der Waals surface area contributed by atoms with Gasteiger partial charge >= 0.3 is 0 Å². The molecule has 2 aliphatic rings. The fraction of sp³-hybridized carbons (Fsp3) is 1.00. The van der Waals surface area contributed by atoms with Gasteiger partial charge in [-0.2, -0.15) is 0 Å². The molecule has 100 valence electrons. The molecule has 2 saturated carbocycles. The average Bonchev–Trinajstić information content (AvgIpc) is 2.27. The topological polar surface area (TPSA) is 40.5 Å². The van der Waals surface area contributed by atoms with Crippen LogP contribution in [-0.4, -0.2) is 21.9 Å². The molecule has 0 saturated heterocycles. The maximum absolute atomic E-state index is 10.1. The first kappa shape index (κ1) is 13.4. The highest BCUT2D eigenvalue weighted by Gasteiger charge is 2.49. The number of hydrogen-bond donors (Lipinski definition) is 2. The predicted octanol–water partition coefficient (Wildman–Crippen LogP) is 3.26. The van der Waals surface area contributed by atoms with E-state index >= 15 is 0 Å². The molecule has 0 aromatic heterocycles. The van der Waals surface area contributed by atoms with E-state index in [-0.39, 0.29) is 6.10 Å². The van der Waals surface area contributed by atoms with Gasteiger partial charge in [-0.3, -0.25) is 0 Å². The minimum Gasteiger partial charge on any atom is -0.393 e. The standard InChI is InChI=1S/C15H28O2/c1-13(6-4-12(16)5-7-13)14(2)8-10-15(3,17)11-9-14/h12,16-17H,4-11H2,1-3H3. The molecule has 0 aliphatic heterocycles. The monoisotopic (exact) mass is 240 g/mol. The summed E-state index contributed by atoms with van der Waals surface area (Å²) < 4.78 is 0. The third-order valence-corrected chi connectivity index (χ3v) is 5.95. The Balaban J connectivity index is 2.06. The highest BCUT2D eigenvalue weighted by Crippen LogP contribution is 2.57. The van der Waals surface area contributed by atoms with Crippen LogP contribution in [0.5, 0.6) is 0 Å². The van der Waals surface area contributed by atoms with E-state index in [9.17, 15) is 10.2 Å². The Hall–Kier alpha value is -0.0800. The van der Waals surface area contributed by atoms with Crippen molar-refractivity contribution in [2.45, 2.75) is 83.8 Å². The molecular formula is C15H28O2. The molecule has 0 amide bonds. The summed E-state index contributed by atoms with van der Waals surface area (Å²) in [6, 6.07) is 0. The van der Waals surface area contributed by atoms with Crippen LogP contribution < -0.4 is 0 Å². The summed E-state index contributed by atoms with van der Waals surface area (Å²) in [5.41, 5.74) is 0.280. The summed E-state index contributed by atoms with van der Waals surface area (Å²) in [5, 5.41) is 19.8. The van der Waals surface area contributed by atoms with Gasteiger partial charge in [-0.25, -0.2) is 0 Å². The normalized spacial score (nSPS) is 52.4. The molecule has 2 nitrogen and oxygen atoms in total. The van der Waals surface area contributed by atoms with Gasteiger partial charge in [-0.15, -0.1) is 0 Å². The Bertz CT molecular complexity index is 265. The van der Waals surface area contributed by atoms with Crippen LogP contribution in [0.3, 0.4) is 0 Å². The van der Waals surface area contributed by atoms with Gasteiger partial charge in [0.05, 0.1) is 11.7 Å². The molecule has 2 fully saturated rings. The van der Waals surface area contributed by atoms with Crippen LogP contribution >= 0.6 is 0 Å². The SMILES string of the molecule is CC1(O)CCC(C)(C2(C)CCC(O)CC2)CC1. The van der Waals surface area contributed by atoms with E-state index in [1.165, 1.54) is 0 Å². The van der Waals surface area contributed by atoms with Crippen molar-refractivity contribution in [3.05, 3.63) is 0 Å². The van der Waals surface area contributed by atoms with Crippen molar-refractivity contribution in [1.29, 1.82) is 0 Å². The van der Waals surface area contributed by atoms with Crippen molar-refractivity contribution >= 4 is 0 Å². The predicted molar refractivity (Wildman–Crippen MR) is 69.8 cm³/mol. The van der Waals surface area contributed by atoms with Gasteiger partial charge in [-0.1, -0.05) is 13.8 Å². The highest BCUT2D eigenvalue weighted by molar-refractivity contribution is 5.00. The van der Waals surface area contributed by atoms with E-state index < -0.39 is 5.60 Å². The quantitative estimate of drug-likeness (QED) is 0.738. The van der Waals surface area contributed by atoms with E-state index in [0.29, 0.717) is 10.8 Å². The number of rotatable bonds is 1. The Labute approximate surface area is 105 Å². The lowest BCUT2D eigenvalue weighted by Crippen LogP contribution is -2.46. The number of aliphatic hydroxyl groups excluding tert-OH is 1. The Morgan fingerprint density at radius 3 is 1.65 bits per heavy atom. The fourth-order valence-corrected chi connectivity index (χ4v) is 3.79. The molecule has 0 bridgehead atoms. The maximum atomic E-state index is 10.1. The minimum absolute atomic E-state index is 0.0710. The summed E-state index contributed by atoms with van der Waals surface area (Å²) in [6.45, 7) is 6.78. The van der Waals surface area contributed by atoms with Crippen molar-refractivity contribution < 1.29 is 10.2 Å². The van der Waals surface area contributed by atoms with Gasteiger partial charge in [0, 0.05) is 0 Å². The molecule has 0 atom stereocenters. The third-order valence-electron chi connectivity index (χ3n) is 5.95. The maximum Gasteiger partial charge on any atom is 0.0620 e. The third kappa shape index (κ3) is 2.53. The molecular weight excluding hydrogens is 212 g/mol. The molecule has 0 aromatic rings. The van der Waals surface area contributed by atoms with E-state index in [1.54, 1.807) is 0 Å². The first-order valence-electron chi connectivity index (χ1n) is 7.17. The minimum atomic E-state index is -0.440. The zero-order valence-corrected chi connectivity index (χ0v) is 11.6. The van der Waals surface area contributed by atoms with Crippen molar-refractivity contribution in [2.24, 2.45) is 10.8 Å². The van der Waals surface area contributed by atoms with Gasteiger partial charge < -0.3 is 10.2 Å². The molecule has 0 aromatic carbocycles. The van der Waals surface area contributed by atoms with Crippen LogP contribution in [0.4, 0.5) is 0 Å². The van der Waals surface area contributed by atoms with Crippen LogP contribution in [0.1, 0.15) is 72.1 Å². The van der Waals surface area contributed by atoms with Crippen molar-refractivity contribution in [1.82, 2.24) is 0 Å². The van der Waals surface area contributed by atoms with Gasteiger partial charge in [0.15, 0.2) is 0 Å². The Morgan fingerprint density at radius 2 is 1.18 bits per heavy atom. The Morgan fingerprint density at radius 1 is 0.765 bits per heavy atom. The van der Waals surface area contributed by atoms with Crippen molar-refractivity contribution in [3.8, 4) is 0 Å². The summed E-state index contributed by atoms with van der Waals surface area (Å²) in [6.07, 6.45) is 8.27. The van der Waals surface area contributed by atoms with E-state index in [1.807, 2.05) is 6.92 Å². The van der Waals surface area contributed by atoms with Gasteiger partial charge in [0.1, 0.15) is 0 Å². The molecule has 0 radical (unpaired) electrons. The highest BCUT2D eigenvalue weighted by atomic mass is 16.3. The zero-order valence-electron chi connectivity index (χ0n) is 11.6. The van der Waals surface area contributed by atoms with E-state index in [4.69, 9.17) is 0 Å². The largest absolute Gasteiger partial charge is 0.393 e. The smallest absolute Gasteiger partial charge is 0.0620 e. The summed E-state index contributed by atoms with van der Waals surface area (Å²) in [7, 11) is 0. The summed E-state index contributed by atoms with van der Waals surface area (Å²) >= 11 is 0. The second-order valence-electron chi connectivity index (χ2n) is 7.35. The second-order valence-corrected chi connectivity index (χ2v) is 7.35. The zero-order chi connectivity index (χ0) is 12.7. The van der Waals surface area contributed by atoms with E-state index in [0.717, 1.165) is 51.4 Å². The fourth-order valence-electron chi connectivity index (χ4n) is 3.79. The molecule has 0 heterocycles. The van der Waals surface area contributed by atoms with Crippen molar-refractivity contribution in [2.75, 3.05) is 0 Å². The lowest BCUT2D eigenvalue weighted by atomic mass is 9.52. The first-order chi connectivity index (χ1) is 7.77. The average molecular weight is 240 g/mol. The lowest BCUT2D eigenvalue weighted by Gasteiger charge is -2.54. The van der Waals surface area contributed by atoms with E-state index in [2.05, 4.69) is 13.8 Å². The Kier molecular flexibility index (Phi) is 3.33. The molecule has 2 rings (SSSR count). The first-order valence-corrected chi connectivity index (χ1v) is 7.17. The molecule has 2 aliphatic carbocycles. The van der Waals surface area contributed by atoms with Crippen LogP contribution in [-0.2, 0) is 0 Å². The van der Waals surface area contributed by atoms with Gasteiger partial charge in [-0.05, 0) is 69.1 Å². The van der Waals surface area contributed by atoms with Crippen molar-refractivity contribution in [3.63, 3.8) is 0 Å². The lowest BCUT2D eigenvalue weighted by molar-refractivity contribution is -0.0842. The molecule has 17 heavy (non-hydrogen) atoms. The van der Waals surface area contributed by atoms with Crippen LogP contribution in [0.25, 0.3) is 0 Å². The van der Waals surface area contributed by atoms with Gasteiger partial charge in [0.25, 0.3) is 0 Å². The van der Waals surface area contributed by atoms with Crippen LogP contribution in [0, 0.1) is 10.8 Å². The molecule has 0 unspecified atom stereocenters. The van der Waals surface area contributed by atoms with Crippen LogP contribution in [0.2, 0.25) is 0 Å². The second kappa shape index (κ2) is 4.24. The van der Waals surface area contributed by atoms with Gasteiger partial charge in [0.2, 0.25) is 0 Å². The number of aliphatic hydroxyl groups is 2. The number of hydrogen-bond acceptors (Lipinski definition) is 2. The summed E-state index contributed by atoms with van der Waals surface area (Å²) in [5.74, 6) is 0. The molecule has 2 N–H and O–H groups in total. The summed E-state index contributed by atoms with van der Waals surface area (Å²) in [4.78, 5) is 0.